The number of benzene rings is 1. The van der Waals surface area contributed by atoms with Crippen LogP contribution in [0.25, 0.3) is 10.9 Å². The van der Waals surface area contributed by atoms with Gasteiger partial charge in [0.15, 0.2) is 0 Å². The van der Waals surface area contributed by atoms with Crippen molar-refractivity contribution in [1.82, 2.24) is 10.3 Å². The van der Waals surface area contributed by atoms with Crippen molar-refractivity contribution in [2.45, 2.75) is 38.8 Å². The molecule has 6 nitrogen and oxygen atoms in total. The summed E-state index contributed by atoms with van der Waals surface area (Å²) in [5.41, 5.74) is 0.184. The van der Waals surface area contributed by atoms with Crippen LogP contribution < -0.4 is 5.32 Å². The van der Waals surface area contributed by atoms with E-state index < -0.39 is 29.5 Å². The first-order chi connectivity index (χ1) is 10.7. The Morgan fingerprint density at radius 1 is 1.39 bits per heavy atom. The molecular formula is C16H19FN2O4. The van der Waals surface area contributed by atoms with Crippen LogP contribution in [0.3, 0.4) is 0 Å². The van der Waals surface area contributed by atoms with Gasteiger partial charge < -0.3 is 20.1 Å². The van der Waals surface area contributed by atoms with Crippen molar-refractivity contribution >= 4 is 23.0 Å². The van der Waals surface area contributed by atoms with E-state index in [-0.39, 0.29) is 6.42 Å². The minimum absolute atomic E-state index is 0.0119. The fourth-order valence-electron chi connectivity index (χ4n) is 2.21. The number of halogens is 1. The average Bonchev–Trinajstić information content (AvgIpc) is 2.80. The molecule has 0 aliphatic carbocycles. The summed E-state index contributed by atoms with van der Waals surface area (Å²) in [6.07, 6.45) is 0.745. The minimum Gasteiger partial charge on any atom is -0.480 e. The predicted octanol–water partition coefficient (Wildman–Crippen LogP) is 2.83. The normalized spacial score (nSPS) is 12.9. The number of para-hydroxylation sites is 1. The molecule has 1 atom stereocenters. The number of carbonyl (C=O) groups excluding carboxylic acids is 1. The van der Waals surface area contributed by atoms with Crippen molar-refractivity contribution in [2.24, 2.45) is 0 Å². The van der Waals surface area contributed by atoms with E-state index in [0.717, 1.165) is 0 Å². The van der Waals surface area contributed by atoms with Gasteiger partial charge in [-0.25, -0.2) is 14.0 Å². The number of H-pyrrole nitrogens is 1. The van der Waals surface area contributed by atoms with Gasteiger partial charge in [0.05, 0.1) is 5.52 Å². The molecule has 1 heterocycles. The summed E-state index contributed by atoms with van der Waals surface area (Å²) >= 11 is 0. The lowest BCUT2D eigenvalue weighted by atomic mass is 10.1. The molecular weight excluding hydrogens is 303 g/mol. The number of carboxylic acids is 1. The highest BCUT2D eigenvalue weighted by Gasteiger charge is 2.25. The molecule has 3 N–H and O–H groups in total. The van der Waals surface area contributed by atoms with E-state index in [9.17, 15) is 19.1 Å². The Labute approximate surface area is 132 Å². The lowest BCUT2D eigenvalue weighted by Crippen LogP contribution is -2.44. The molecule has 0 aliphatic rings. The van der Waals surface area contributed by atoms with Crippen LogP contribution in [-0.4, -0.2) is 33.8 Å². The summed E-state index contributed by atoms with van der Waals surface area (Å²) in [5, 5.41) is 12.2. The summed E-state index contributed by atoms with van der Waals surface area (Å²) in [5.74, 6) is -1.61. The van der Waals surface area contributed by atoms with E-state index in [2.05, 4.69) is 10.3 Å². The number of ether oxygens (including phenoxy) is 1. The van der Waals surface area contributed by atoms with Gasteiger partial charge in [-0.1, -0.05) is 12.1 Å². The summed E-state index contributed by atoms with van der Waals surface area (Å²) in [4.78, 5) is 25.9. The first-order valence-corrected chi connectivity index (χ1v) is 7.14. The Morgan fingerprint density at radius 2 is 2.09 bits per heavy atom. The number of fused-ring (bicyclic) bond motifs is 1. The second-order valence-electron chi connectivity index (χ2n) is 6.22. The van der Waals surface area contributed by atoms with Crippen molar-refractivity contribution < 1.29 is 23.8 Å². The van der Waals surface area contributed by atoms with Crippen molar-refractivity contribution in [2.75, 3.05) is 0 Å². The molecule has 1 amide bonds. The van der Waals surface area contributed by atoms with Crippen molar-refractivity contribution in [3.05, 3.63) is 35.8 Å². The molecule has 1 aromatic carbocycles. The SMILES string of the molecule is CC(C)(C)OC(=O)N[C@@H](Cc1c[nH]c2c(F)cccc12)C(=O)O. The van der Waals surface area contributed by atoms with Gasteiger partial charge >= 0.3 is 12.1 Å². The van der Waals surface area contributed by atoms with Gasteiger partial charge in [0.1, 0.15) is 17.5 Å². The Bertz CT molecular complexity index is 733. The molecule has 2 aromatic rings. The lowest BCUT2D eigenvalue weighted by molar-refractivity contribution is -0.139. The van der Waals surface area contributed by atoms with Gasteiger partial charge in [-0.3, -0.25) is 0 Å². The number of carbonyl (C=O) groups is 2. The van der Waals surface area contributed by atoms with Crippen LogP contribution in [0.1, 0.15) is 26.3 Å². The molecule has 7 heteroatoms. The first kappa shape index (κ1) is 16.8. The van der Waals surface area contributed by atoms with Crippen LogP contribution in [0.5, 0.6) is 0 Å². The predicted molar refractivity (Wildman–Crippen MR) is 82.8 cm³/mol. The van der Waals surface area contributed by atoms with E-state index in [0.29, 0.717) is 16.5 Å². The lowest BCUT2D eigenvalue weighted by Gasteiger charge is -2.22. The maximum atomic E-state index is 13.7. The van der Waals surface area contributed by atoms with Crippen LogP contribution in [0.2, 0.25) is 0 Å². The van der Waals surface area contributed by atoms with Gasteiger partial charge in [0, 0.05) is 18.0 Å². The van der Waals surface area contributed by atoms with Gasteiger partial charge in [-0.05, 0) is 32.4 Å². The van der Waals surface area contributed by atoms with E-state index in [1.165, 1.54) is 6.07 Å². The first-order valence-electron chi connectivity index (χ1n) is 7.14. The van der Waals surface area contributed by atoms with Gasteiger partial charge in [0.2, 0.25) is 0 Å². The topological polar surface area (TPSA) is 91.4 Å². The molecule has 0 radical (unpaired) electrons. The van der Waals surface area contributed by atoms with Gasteiger partial charge in [0.25, 0.3) is 0 Å². The van der Waals surface area contributed by atoms with Crippen molar-refractivity contribution in [1.29, 1.82) is 0 Å². The number of hydrogen-bond donors (Lipinski definition) is 3. The Balaban J connectivity index is 2.17. The summed E-state index contributed by atoms with van der Waals surface area (Å²) in [7, 11) is 0. The maximum absolute atomic E-state index is 13.7. The van der Waals surface area contributed by atoms with E-state index in [4.69, 9.17) is 4.74 Å². The molecule has 1 aromatic heterocycles. The highest BCUT2D eigenvalue weighted by Crippen LogP contribution is 2.22. The molecule has 0 saturated heterocycles. The monoisotopic (exact) mass is 322 g/mol. The Hall–Kier alpha value is -2.57. The molecule has 0 saturated carbocycles. The zero-order chi connectivity index (χ0) is 17.2. The molecule has 23 heavy (non-hydrogen) atoms. The fourth-order valence-corrected chi connectivity index (χ4v) is 2.21. The number of hydrogen-bond acceptors (Lipinski definition) is 3. The summed E-state index contributed by atoms with van der Waals surface area (Å²) < 4.78 is 18.7. The number of aromatic nitrogens is 1. The van der Waals surface area contributed by atoms with E-state index in [1.54, 1.807) is 39.1 Å². The second-order valence-corrected chi connectivity index (χ2v) is 6.22. The molecule has 0 fully saturated rings. The van der Waals surface area contributed by atoms with Gasteiger partial charge in [-0.15, -0.1) is 0 Å². The van der Waals surface area contributed by atoms with Crippen LogP contribution in [0.15, 0.2) is 24.4 Å². The van der Waals surface area contributed by atoms with Crippen molar-refractivity contribution in [3.63, 3.8) is 0 Å². The van der Waals surface area contributed by atoms with E-state index >= 15 is 0 Å². The number of aliphatic carboxylic acids is 1. The second kappa shape index (κ2) is 6.28. The maximum Gasteiger partial charge on any atom is 0.408 e. The number of carboxylic acid groups (broad SMARTS) is 1. The van der Waals surface area contributed by atoms with Crippen LogP contribution in [0.4, 0.5) is 9.18 Å². The van der Waals surface area contributed by atoms with Crippen molar-refractivity contribution in [3.8, 4) is 0 Å². The highest BCUT2D eigenvalue weighted by molar-refractivity contribution is 5.86. The fraction of sp³-hybridized carbons (Fsp3) is 0.375. The number of alkyl carbamates (subject to hydrolysis) is 1. The third kappa shape index (κ3) is 4.21. The van der Waals surface area contributed by atoms with Crippen LogP contribution in [0, 0.1) is 5.82 Å². The molecule has 124 valence electrons. The number of aromatic amines is 1. The zero-order valence-corrected chi connectivity index (χ0v) is 13.1. The van der Waals surface area contributed by atoms with E-state index in [1.807, 2.05) is 0 Å². The molecule has 0 unspecified atom stereocenters. The minimum atomic E-state index is -1.19. The largest absolute Gasteiger partial charge is 0.480 e. The highest BCUT2D eigenvalue weighted by atomic mass is 19.1. The molecule has 0 spiro atoms. The third-order valence-electron chi connectivity index (χ3n) is 3.16. The quantitative estimate of drug-likeness (QED) is 0.807. The number of nitrogens with one attached hydrogen (secondary N) is 2. The summed E-state index contributed by atoms with van der Waals surface area (Å²) in [6, 6.07) is 3.38. The van der Waals surface area contributed by atoms with Crippen LogP contribution >= 0.6 is 0 Å². The number of amides is 1. The molecule has 0 bridgehead atoms. The molecule has 2 rings (SSSR count). The Morgan fingerprint density at radius 3 is 2.70 bits per heavy atom. The third-order valence-corrected chi connectivity index (χ3v) is 3.16. The number of rotatable bonds is 4. The van der Waals surface area contributed by atoms with Crippen LogP contribution in [-0.2, 0) is 16.0 Å². The summed E-state index contributed by atoms with van der Waals surface area (Å²) in [6.45, 7) is 5.06. The molecule has 0 aliphatic heterocycles. The smallest absolute Gasteiger partial charge is 0.408 e. The van der Waals surface area contributed by atoms with Gasteiger partial charge in [-0.2, -0.15) is 0 Å². The standard InChI is InChI=1S/C16H19FN2O4/c1-16(2,3)23-15(22)19-12(14(20)21)7-9-8-18-13-10(9)5-4-6-11(13)17/h4-6,8,12,18H,7H2,1-3H3,(H,19,22)(H,20,21)/t12-/m0/s1. The average molecular weight is 322 g/mol. The zero-order valence-electron chi connectivity index (χ0n) is 13.1. The Kier molecular flexibility index (Phi) is 4.58.